The van der Waals surface area contributed by atoms with E-state index >= 15 is 0 Å². The number of aromatic hydroxyl groups is 1. The summed E-state index contributed by atoms with van der Waals surface area (Å²) in [5.74, 6) is -0.0500. The lowest BCUT2D eigenvalue weighted by Gasteiger charge is -2.21. The first-order valence-electron chi connectivity index (χ1n) is 6.83. The molecule has 0 unspecified atom stereocenters. The van der Waals surface area contributed by atoms with Gasteiger partial charge in [-0.15, -0.1) is 0 Å². The Bertz CT molecular complexity index is 504. The molecule has 2 rings (SSSR count). The number of pyridine rings is 1. The maximum Gasteiger partial charge on any atom is 0.255 e. The van der Waals surface area contributed by atoms with Crippen LogP contribution in [0.4, 0.5) is 0 Å². The van der Waals surface area contributed by atoms with Gasteiger partial charge in [0.1, 0.15) is 5.75 Å². The van der Waals surface area contributed by atoms with E-state index in [-0.39, 0.29) is 17.6 Å². The molecule has 1 fully saturated rings. The molecule has 1 N–H and O–H groups in total. The summed E-state index contributed by atoms with van der Waals surface area (Å²) in [5.41, 5.74) is 0.375. The van der Waals surface area contributed by atoms with Gasteiger partial charge in [0, 0.05) is 38.8 Å². The molecule has 2 amide bonds. The molecule has 0 bridgehead atoms. The fourth-order valence-corrected chi connectivity index (χ4v) is 2.32. The van der Waals surface area contributed by atoms with Crippen LogP contribution in [0.1, 0.15) is 30.1 Å². The van der Waals surface area contributed by atoms with Crippen molar-refractivity contribution >= 4 is 11.8 Å². The van der Waals surface area contributed by atoms with E-state index in [0.29, 0.717) is 38.2 Å². The van der Waals surface area contributed by atoms with E-state index in [9.17, 15) is 14.7 Å². The van der Waals surface area contributed by atoms with Crippen molar-refractivity contribution in [2.24, 2.45) is 0 Å². The summed E-state index contributed by atoms with van der Waals surface area (Å²) < 4.78 is 0. The highest BCUT2D eigenvalue weighted by atomic mass is 16.3. The summed E-state index contributed by atoms with van der Waals surface area (Å²) in [5, 5.41) is 9.38. The van der Waals surface area contributed by atoms with Gasteiger partial charge in [0.15, 0.2) is 0 Å². The fraction of sp³-hybridized carbons (Fsp3) is 0.500. The smallest absolute Gasteiger partial charge is 0.255 e. The minimum atomic E-state index is -0.154. The molecule has 0 atom stereocenters. The quantitative estimate of drug-likeness (QED) is 0.870. The first kappa shape index (κ1) is 14.3. The summed E-state index contributed by atoms with van der Waals surface area (Å²) in [4.78, 5) is 31.3. The van der Waals surface area contributed by atoms with Gasteiger partial charge in [-0.05, 0) is 12.5 Å². The summed E-state index contributed by atoms with van der Waals surface area (Å²) in [7, 11) is 0. The van der Waals surface area contributed by atoms with Crippen molar-refractivity contribution in [3.05, 3.63) is 24.0 Å². The molecule has 1 saturated heterocycles. The summed E-state index contributed by atoms with van der Waals surface area (Å²) >= 11 is 0. The minimum Gasteiger partial charge on any atom is -0.506 e. The van der Waals surface area contributed by atoms with Crippen molar-refractivity contribution < 1.29 is 14.7 Å². The number of hydrogen-bond acceptors (Lipinski definition) is 4. The van der Waals surface area contributed by atoms with Gasteiger partial charge in [0.25, 0.3) is 5.91 Å². The van der Waals surface area contributed by atoms with Crippen LogP contribution in [0.25, 0.3) is 0 Å². The second kappa shape index (κ2) is 6.36. The van der Waals surface area contributed by atoms with Crippen molar-refractivity contribution in [1.82, 2.24) is 14.8 Å². The molecule has 1 aliphatic heterocycles. The Morgan fingerprint density at radius 2 is 1.90 bits per heavy atom. The van der Waals surface area contributed by atoms with Crippen LogP contribution in [0.3, 0.4) is 0 Å². The normalized spacial score (nSPS) is 15.8. The second-order valence-electron chi connectivity index (χ2n) is 4.81. The van der Waals surface area contributed by atoms with Gasteiger partial charge in [-0.3, -0.25) is 14.6 Å². The summed E-state index contributed by atoms with van der Waals surface area (Å²) in [6, 6.07) is 1.41. The second-order valence-corrected chi connectivity index (χ2v) is 4.81. The zero-order chi connectivity index (χ0) is 14.5. The Morgan fingerprint density at radius 1 is 1.20 bits per heavy atom. The summed E-state index contributed by atoms with van der Waals surface area (Å²) in [6.07, 6.45) is 4.00. The molecule has 6 heteroatoms. The lowest BCUT2D eigenvalue weighted by atomic mass is 10.2. The van der Waals surface area contributed by atoms with Crippen LogP contribution in [0.5, 0.6) is 5.75 Å². The third-order valence-corrected chi connectivity index (χ3v) is 3.41. The van der Waals surface area contributed by atoms with Crippen molar-refractivity contribution in [3.8, 4) is 5.75 Å². The number of hydrogen-bond donors (Lipinski definition) is 1. The highest BCUT2D eigenvalue weighted by Crippen LogP contribution is 2.13. The van der Waals surface area contributed by atoms with Crippen LogP contribution in [-0.4, -0.2) is 57.9 Å². The van der Waals surface area contributed by atoms with Gasteiger partial charge >= 0.3 is 0 Å². The highest BCUT2D eigenvalue weighted by Gasteiger charge is 2.22. The molecule has 0 radical (unpaired) electrons. The van der Waals surface area contributed by atoms with Crippen molar-refractivity contribution in [2.45, 2.75) is 19.8 Å². The standard InChI is InChI=1S/C14H19N3O3/c1-2-13(19)16-4-3-5-17(7-6-16)14(20)11-8-12(18)10-15-9-11/h8-10,18H,2-7H2,1H3. The van der Waals surface area contributed by atoms with Gasteiger partial charge in [-0.25, -0.2) is 0 Å². The zero-order valence-corrected chi connectivity index (χ0v) is 11.6. The Balaban J connectivity index is 2.03. The number of carbonyl (C=O) groups is 2. The Labute approximate surface area is 118 Å². The van der Waals surface area contributed by atoms with Crippen LogP contribution < -0.4 is 0 Å². The SMILES string of the molecule is CCC(=O)N1CCCN(C(=O)c2cncc(O)c2)CC1. The number of nitrogens with zero attached hydrogens (tertiary/aromatic N) is 3. The lowest BCUT2D eigenvalue weighted by Crippen LogP contribution is -2.37. The van der Waals surface area contributed by atoms with E-state index in [1.54, 1.807) is 9.80 Å². The summed E-state index contributed by atoms with van der Waals surface area (Å²) in [6.45, 7) is 4.22. The highest BCUT2D eigenvalue weighted by molar-refractivity contribution is 5.94. The number of amides is 2. The van der Waals surface area contributed by atoms with Gasteiger partial charge in [-0.2, -0.15) is 0 Å². The average Bonchev–Trinajstić information content (AvgIpc) is 2.71. The molecule has 1 aromatic heterocycles. The molecule has 0 saturated carbocycles. The first-order chi connectivity index (χ1) is 9.61. The Hall–Kier alpha value is -2.11. The van der Waals surface area contributed by atoms with E-state index in [2.05, 4.69) is 4.98 Å². The lowest BCUT2D eigenvalue weighted by molar-refractivity contribution is -0.130. The Morgan fingerprint density at radius 3 is 2.60 bits per heavy atom. The molecule has 2 heterocycles. The van der Waals surface area contributed by atoms with Crippen LogP contribution in [0.2, 0.25) is 0 Å². The molecule has 0 aliphatic carbocycles. The number of carbonyl (C=O) groups excluding carboxylic acids is 2. The molecule has 108 valence electrons. The molecule has 1 aliphatic rings. The van der Waals surface area contributed by atoms with E-state index in [1.165, 1.54) is 18.5 Å². The van der Waals surface area contributed by atoms with E-state index in [0.717, 1.165) is 6.42 Å². The maximum absolute atomic E-state index is 12.3. The molecule has 6 nitrogen and oxygen atoms in total. The fourth-order valence-electron chi connectivity index (χ4n) is 2.32. The molecule has 0 aromatic carbocycles. The predicted octanol–water partition coefficient (Wildman–Crippen LogP) is 0.872. The Kier molecular flexibility index (Phi) is 4.55. The zero-order valence-electron chi connectivity index (χ0n) is 11.6. The molecule has 0 spiro atoms. The first-order valence-corrected chi connectivity index (χ1v) is 6.83. The average molecular weight is 277 g/mol. The topological polar surface area (TPSA) is 73.7 Å². The van der Waals surface area contributed by atoms with E-state index in [4.69, 9.17) is 0 Å². The van der Waals surface area contributed by atoms with Gasteiger partial charge in [0.05, 0.1) is 11.8 Å². The minimum absolute atomic E-state index is 0.0199. The molecule has 20 heavy (non-hydrogen) atoms. The monoisotopic (exact) mass is 277 g/mol. The van der Waals surface area contributed by atoms with E-state index < -0.39 is 0 Å². The van der Waals surface area contributed by atoms with Crippen molar-refractivity contribution in [3.63, 3.8) is 0 Å². The number of aromatic nitrogens is 1. The van der Waals surface area contributed by atoms with Gasteiger partial charge in [0.2, 0.25) is 5.91 Å². The molecule has 1 aromatic rings. The van der Waals surface area contributed by atoms with Crippen LogP contribution >= 0.6 is 0 Å². The maximum atomic E-state index is 12.3. The number of rotatable bonds is 2. The van der Waals surface area contributed by atoms with Crippen LogP contribution in [-0.2, 0) is 4.79 Å². The largest absolute Gasteiger partial charge is 0.506 e. The van der Waals surface area contributed by atoms with Crippen LogP contribution in [0, 0.1) is 0 Å². The van der Waals surface area contributed by atoms with Gasteiger partial charge < -0.3 is 14.9 Å². The van der Waals surface area contributed by atoms with Gasteiger partial charge in [-0.1, -0.05) is 6.92 Å². The molecular formula is C14H19N3O3. The van der Waals surface area contributed by atoms with E-state index in [1.807, 2.05) is 6.92 Å². The predicted molar refractivity (Wildman–Crippen MR) is 73.3 cm³/mol. The van der Waals surface area contributed by atoms with Crippen LogP contribution in [0.15, 0.2) is 18.5 Å². The molecular weight excluding hydrogens is 258 g/mol. The van der Waals surface area contributed by atoms with Crippen molar-refractivity contribution in [1.29, 1.82) is 0 Å². The third kappa shape index (κ3) is 3.26. The van der Waals surface area contributed by atoms with Crippen molar-refractivity contribution in [2.75, 3.05) is 26.2 Å². The third-order valence-electron chi connectivity index (χ3n) is 3.41.